The van der Waals surface area contributed by atoms with Gasteiger partial charge in [0.2, 0.25) is 0 Å². The van der Waals surface area contributed by atoms with Crippen molar-refractivity contribution in [2.24, 2.45) is 5.92 Å². The molecule has 1 N–H and O–H groups in total. The number of hydrogen-bond acceptors (Lipinski definition) is 1. The maximum absolute atomic E-state index is 12.6. The largest absolute Gasteiger partial charge is 0.380 e. The number of hydrogen-bond donors (Lipinski definition) is 1. The lowest BCUT2D eigenvalue weighted by Crippen LogP contribution is -2.46. The fourth-order valence-corrected chi connectivity index (χ4v) is 6.03. The highest BCUT2D eigenvalue weighted by atomic mass is 16.3. The zero-order valence-corrected chi connectivity index (χ0v) is 16.8. The Kier molecular flexibility index (Phi) is 3.94. The van der Waals surface area contributed by atoms with Gasteiger partial charge < -0.3 is 5.11 Å². The Balaban J connectivity index is 1.61. The summed E-state index contributed by atoms with van der Waals surface area (Å²) in [6.45, 7) is 0. The van der Waals surface area contributed by atoms with Crippen LogP contribution < -0.4 is 0 Å². The Morgan fingerprint density at radius 2 is 0.933 bits per heavy atom. The van der Waals surface area contributed by atoms with Crippen molar-refractivity contribution in [3.05, 3.63) is 143 Å². The van der Waals surface area contributed by atoms with E-state index >= 15 is 0 Å². The molecule has 1 nitrogen and oxygen atoms in total. The molecule has 0 radical (unpaired) electrons. The fraction of sp³-hybridized carbons (Fsp3) is 0.172. The van der Waals surface area contributed by atoms with E-state index in [0.29, 0.717) is 5.92 Å². The Morgan fingerprint density at radius 1 is 0.533 bits per heavy atom. The first-order chi connectivity index (χ1) is 14.8. The minimum absolute atomic E-state index is 0.0668. The van der Waals surface area contributed by atoms with Crippen LogP contribution in [0, 0.1) is 5.92 Å². The predicted octanol–water partition coefficient (Wildman–Crippen LogP) is 6.22. The van der Waals surface area contributed by atoms with Crippen molar-refractivity contribution in [3.8, 4) is 0 Å². The molecule has 0 fully saturated rings. The number of rotatable bonds is 3. The average Bonchev–Trinajstić information content (AvgIpc) is 2.84. The molecule has 0 saturated carbocycles. The molecule has 3 aliphatic carbocycles. The second kappa shape index (κ2) is 6.68. The molecule has 4 aromatic rings. The highest BCUT2D eigenvalue weighted by Gasteiger charge is 2.52. The van der Waals surface area contributed by atoms with Crippen LogP contribution in [0.1, 0.15) is 51.6 Å². The van der Waals surface area contributed by atoms with Crippen LogP contribution in [0.2, 0.25) is 0 Å². The molecule has 0 unspecified atom stereocenters. The SMILES string of the molecule is OC(c1ccccc1)(c1ccccc1)[C@@H]1CC2c3ccccc3C1c1ccccc12. The normalized spacial score (nSPS) is 21.7. The standard InChI is InChI=1S/C29H24O/c30-29(20-11-3-1-4-12-20,21-13-5-2-6-14-21)27-19-26-22-15-7-9-17-24(22)28(27)25-18-10-8-16-23(25)26/h1-18,26-28,30H,19H2/t26?,27-,28?/m1/s1. The molecule has 30 heavy (non-hydrogen) atoms. The van der Waals surface area contributed by atoms with E-state index in [-0.39, 0.29) is 11.8 Å². The van der Waals surface area contributed by atoms with Gasteiger partial charge in [0.25, 0.3) is 0 Å². The monoisotopic (exact) mass is 388 g/mol. The van der Waals surface area contributed by atoms with Crippen LogP contribution >= 0.6 is 0 Å². The summed E-state index contributed by atoms with van der Waals surface area (Å²) in [4.78, 5) is 0. The second-order valence-electron chi connectivity index (χ2n) is 8.63. The third kappa shape index (κ3) is 2.39. The molecule has 0 spiro atoms. The average molecular weight is 389 g/mol. The summed E-state index contributed by atoms with van der Waals surface area (Å²) in [7, 11) is 0. The van der Waals surface area contributed by atoms with Crippen molar-refractivity contribution in [1.82, 2.24) is 0 Å². The Bertz CT molecular complexity index is 1110. The first-order valence-electron chi connectivity index (χ1n) is 10.8. The summed E-state index contributed by atoms with van der Waals surface area (Å²) in [5.41, 5.74) is 6.52. The molecule has 1 atom stereocenters. The van der Waals surface area contributed by atoms with E-state index in [9.17, 15) is 5.11 Å². The van der Waals surface area contributed by atoms with Gasteiger partial charge in [-0.1, -0.05) is 109 Å². The molecular formula is C29H24O. The van der Waals surface area contributed by atoms with Crippen LogP contribution in [0.3, 0.4) is 0 Å². The predicted molar refractivity (Wildman–Crippen MR) is 121 cm³/mol. The van der Waals surface area contributed by atoms with E-state index in [4.69, 9.17) is 0 Å². The molecule has 4 aromatic carbocycles. The van der Waals surface area contributed by atoms with Gasteiger partial charge in [-0.2, -0.15) is 0 Å². The second-order valence-corrected chi connectivity index (χ2v) is 8.63. The van der Waals surface area contributed by atoms with Crippen molar-refractivity contribution < 1.29 is 5.11 Å². The summed E-state index contributed by atoms with van der Waals surface area (Å²) in [6, 6.07) is 38.2. The van der Waals surface area contributed by atoms with Crippen LogP contribution in [0.15, 0.2) is 109 Å². The minimum Gasteiger partial charge on any atom is -0.380 e. The lowest BCUT2D eigenvalue weighted by atomic mass is 9.53. The van der Waals surface area contributed by atoms with Gasteiger partial charge >= 0.3 is 0 Å². The summed E-state index contributed by atoms with van der Waals surface area (Å²) in [5, 5.41) is 12.6. The van der Waals surface area contributed by atoms with Gasteiger partial charge in [-0.25, -0.2) is 0 Å². The lowest BCUT2D eigenvalue weighted by molar-refractivity contribution is -0.00432. The molecule has 0 aliphatic heterocycles. The third-order valence-electron chi connectivity index (χ3n) is 7.27. The zero-order chi connectivity index (χ0) is 20.1. The summed E-state index contributed by atoms with van der Waals surface area (Å²) in [5.74, 6) is 0.566. The summed E-state index contributed by atoms with van der Waals surface area (Å²) < 4.78 is 0. The summed E-state index contributed by atoms with van der Waals surface area (Å²) in [6.07, 6.45) is 0.943. The molecule has 2 bridgehead atoms. The molecule has 0 saturated heterocycles. The van der Waals surface area contributed by atoms with Gasteiger partial charge in [-0.15, -0.1) is 0 Å². The maximum atomic E-state index is 12.6. The highest BCUT2D eigenvalue weighted by molar-refractivity contribution is 5.57. The molecule has 1 heteroatoms. The molecule has 146 valence electrons. The van der Waals surface area contributed by atoms with Crippen molar-refractivity contribution >= 4 is 0 Å². The third-order valence-corrected chi connectivity index (χ3v) is 7.27. The lowest BCUT2D eigenvalue weighted by Gasteiger charge is -2.51. The van der Waals surface area contributed by atoms with E-state index in [0.717, 1.165) is 17.5 Å². The van der Waals surface area contributed by atoms with E-state index in [1.54, 1.807) is 0 Å². The van der Waals surface area contributed by atoms with E-state index in [1.807, 2.05) is 36.4 Å². The quantitative estimate of drug-likeness (QED) is 0.442. The van der Waals surface area contributed by atoms with Crippen LogP contribution in [0.25, 0.3) is 0 Å². The highest BCUT2D eigenvalue weighted by Crippen LogP contribution is 2.60. The molecule has 0 heterocycles. The van der Waals surface area contributed by atoms with E-state index in [1.165, 1.54) is 22.3 Å². The fourth-order valence-electron chi connectivity index (χ4n) is 6.03. The van der Waals surface area contributed by atoms with Crippen LogP contribution in [-0.2, 0) is 5.60 Å². The van der Waals surface area contributed by atoms with Crippen molar-refractivity contribution in [3.63, 3.8) is 0 Å². The Morgan fingerprint density at radius 3 is 1.40 bits per heavy atom. The van der Waals surface area contributed by atoms with Crippen LogP contribution in [0.5, 0.6) is 0 Å². The van der Waals surface area contributed by atoms with Gasteiger partial charge in [-0.05, 0) is 39.8 Å². The summed E-state index contributed by atoms with van der Waals surface area (Å²) >= 11 is 0. The molecule has 0 aromatic heterocycles. The zero-order valence-electron chi connectivity index (χ0n) is 16.8. The molecule has 3 aliphatic rings. The maximum Gasteiger partial charge on any atom is 0.118 e. The van der Waals surface area contributed by atoms with Gasteiger partial charge in [0, 0.05) is 17.8 Å². The van der Waals surface area contributed by atoms with Crippen molar-refractivity contribution in [2.75, 3.05) is 0 Å². The minimum atomic E-state index is -1.05. The first kappa shape index (κ1) is 17.7. The molecule has 7 rings (SSSR count). The van der Waals surface area contributed by atoms with Gasteiger partial charge in [0.1, 0.15) is 5.60 Å². The van der Waals surface area contributed by atoms with E-state index < -0.39 is 5.60 Å². The van der Waals surface area contributed by atoms with Crippen LogP contribution in [-0.4, -0.2) is 5.11 Å². The van der Waals surface area contributed by atoms with Crippen molar-refractivity contribution in [2.45, 2.75) is 23.9 Å². The van der Waals surface area contributed by atoms with Gasteiger partial charge in [0.05, 0.1) is 0 Å². The van der Waals surface area contributed by atoms with Crippen LogP contribution in [0.4, 0.5) is 0 Å². The first-order valence-corrected chi connectivity index (χ1v) is 10.8. The van der Waals surface area contributed by atoms with E-state index in [2.05, 4.69) is 72.8 Å². The Labute approximate surface area is 177 Å². The number of aliphatic hydroxyl groups is 1. The Hall–Kier alpha value is -3.16. The smallest absolute Gasteiger partial charge is 0.118 e. The van der Waals surface area contributed by atoms with Crippen molar-refractivity contribution in [1.29, 1.82) is 0 Å². The topological polar surface area (TPSA) is 20.2 Å². The number of benzene rings is 4. The molecular weight excluding hydrogens is 364 g/mol. The van der Waals surface area contributed by atoms with Gasteiger partial charge in [0.15, 0.2) is 0 Å². The molecule has 0 amide bonds. The number of fused-ring (bicyclic) bond motifs is 1. The van der Waals surface area contributed by atoms with Gasteiger partial charge in [-0.3, -0.25) is 0 Å².